The van der Waals surface area contributed by atoms with Gasteiger partial charge in [0, 0.05) is 7.05 Å². The number of halogens is 3. The number of alkyl halides is 3. The van der Waals surface area contributed by atoms with Gasteiger partial charge in [-0.05, 0) is 34.7 Å². The van der Waals surface area contributed by atoms with E-state index in [9.17, 15) is 22.8 Å². The molecule has 3 heterocycles. The SMILES string of the molecule is CC(OC(=O)O)N(C(=O)c1ccc(C(F)(F)F)nc1COCc1nnn(C)n1)c1nnnn1C. The Morgan fingerprint density at radius 1 is 1.18 bits per heavy atom. The van der Waals surface area contributed by atoms with Gasteiger partial charge in [0.1, 0.15) is 12.3 Å². The molecule has 0 aromatic carbocycles. The Morgan fingerprint density at radius 2 is 1.91 bits per heavy atom. The Kier molecular flexibility index (Phi) is 6.99. The van der Waals surface area contributed by atoms with Crippen LogP contribution >= 0.6 is 0 Å². The highest BCUT2D eigenvalue weighted by molar-refractivity contribution is 6.06. The highest BCUT2D eigenvalue weighted by Gasteiger charge is 2.36. The number of hydrogen-bond donors (Lipinski definition) is 1. The quantitative estimate of drug-likeness (QED) is 0.346. The molecule has 1 amide bonds. The van der Waals surface area contributed by atoms with Gasteiger partial charge < -0.3 is 14.6 Å². The molecule has 3 aromatic heterocycles. The first-order valence-electron chi connectivity index (χ1n) is 9.30. The van der Waals surface area contributed by atoms with Crippen LogP contribution in [0.3, 0.4) is 0 Å². The third-order valence-corrected chi connectivity index (χ3v) is 4.18. The summed E-state index contributed by atoms with van der Waals surface area (Å²) in [6.45, 7) is 0.450. The summed E-state index contributed by atoms with van der Waals surface area (Å²) in [5, 5.41) is 30.8. The number of aromatic nitrogens is 9. The average Bonchev–Trinajstić information content (AvgIpc) is 3.35. The normalized spacial score (nSPS) is 12.4. The maximum absolute atomic E-state index is 13.4. The predicted molar refractivity (Wildman–Crippen MR) is 101 cm³/mol. The van der Waals surface area contributed by atoms with E-state index in [1.165, 1.54) is 21.0 Å². The van der Waals surface area contributed by atoms with Crippen LogP contribution in [0.1, 0.15) is 34.5 Å². The van der Waals surface area contributed by atoms with Gasteiger partial charge >= 0.3 is 12.3 Å². The molecule has 34 heavy (non-hydrogen) atoms. The van der Waals surface area contributed by atoms with Crippen molar-refractivity contribution in [3.8, 4) is 0 Å². The van der Waals surface area contributed by atoms with Gasteiger partial charge in [0.15, 0.2) is 12.1 Å². The molecule has 0 aliphatic rings. The molecule has 0 bridgehead atoms. The average molecular weight is 486 g/mol. The largest absolute Gasteiger partial charge is 0.507 e. The summed E-state index contributed by atoms with van der Waals surface area (Å²) in [5.74, 6) is -1.06. The molecular formula is C16H17F3N10O5. The van der Waals surface area contributed by atoms with Crippen LogP contribution in [0.25, 0.3) is 0 Å². The van der Waals surface area contributed by atoms with Gasteiger partial charge in [0.25, 0.3) is 11.9 Å². The minimum atomic E-state index is -4.80. The van der Waals surface area contributed by atoms with Crippen LogP contribution in [-0.4, -0.2) is 68.8 Å². The molecule has 3 rings (SSSR count). The number of anilines is 1. The van der Waals surface area contributed by atoms with E-state index < -0.39 is 36.8 Å². The maximum Gasteiger partial charge on any atom is 0.507 e. The zero-order valence-electron chi connectivity index (χ0n) is 17.8. The number of tetrazole rings is 2. The molecule has 0 aliphatic heterocycles. The lowest BCUT2D eigenvalue weighted by Crippen LogP contribution is -2.43. The van der Waals surface area contributed by atoms with E-state index in [0.29, 0.717) is 6.07 Å². The Morgan fingerprint density at radius 3 is 2.47 bits per heavy atom. The number of amides is 1. The lowest BCUT2D eigenvalue weighted by atomic mass is 10.1. The second-order valence-corrected chi connectivity index (χ2v) is 6.64. The Bertz CT molecular complexity index is 1180. The van der Waals surface area contributed by atoms with Gasteiger partial charge in [0.2, 0.25) is 0 Å². The fourth-order valence-corrected chi connectivity index (χ4v) is 2.76. The van der Waals surface area contributed by atoms with E-state index in [1.54, 1.807) is 0 Å². The second-order valence-electron chi connectivity index (χ2n) is 6.64. The molecule has 3 aromatic rings. The zero-order chi connectivity index (χ0) is 25.0. The second kappa shape index (κ2) is 9.73. The Balaban J connectivity index is 1.97. The molecule has 0 radical (unpaired) electrons. The molecule has 182 valence electrons. The minimum absolute atomic E-state index is 0.151. The summed E-state index contributed by atoms with van der Waals surface area (Å²) >= 11 is 0. The van der Waals surface area contributed by atoms with Gasteiger partial charge in [-0.15, -0.1) is 10.2 Å². The smallest absolute Gasteiger partial charge is 0.450 e. The molecule has 1 atom stereocenters. The number of hydrogen-bond acceptors (Lipinski definition) is 11. The monoisotopic (exact) mass is 486 g/mol. The van der Waals surface area contributed by atoms with Crippen LogP contribution in [0.4, 0.5) is 23.9 Å². The summed E-state index contributed by atoms with van der Waals surface area (Å²) < 4.78 is 50.8. The molecular weight excluding hydrogens is 469 g/mol. The van der Waals surface area contributed by atoms with Gasteiger partial charge in [-0.2, -0.15) is 18.0 Å². The first kappa shape index (κ1) is 24.4. The van der Waals surface area contributed by atoms with Crippen LogP contribution in [0.15, 0.2) is 12.1 Å². The van der Waals surface area contributed by atoms with Crippen molar-refractivity contribution >= 4 is 18.0 Å². The van der Waals surface area contributed by atoms with Crippen LogP contribution in [0, 0.1) is 0 Å². The van der Waals surface area contributed by atoms with Crippen molar-refractivity contribution in [1.29, 1.82) is 0 Å². The predicted octanol–water partition coefficient (Wildman–Crippen LogP) is 0.552. The van der Waals surface area contributed by atoms with E-state index in [1.807, 2.05) is 0 Å². The number of nitrogens with zero attached hydrogens (tertiary/aromatic N) is 10. The van der Waals surface area contributed by atoms with Crippen molar-refractivity contribution in [1.82, 2.24) is 45.4 Å². The van der Waals surface area contributed by atoms with Gasteiger partial charge in [0.05, 0.1) is 24.9 Å². The maximum atomic E-state index is 13.4. The highest BCUT2D eigenvalue weighted by atomic mass is 19.4. The number of pyridine rings is 1. The minimum Gasteiger partial charge on any atom is -0.450 e. The van der Waals surface area contributed by atoms with Crippen molar-refractivity contribution in [3.63, 3.8) is 0 Å². The number of carbonyl (C=O) groups excluding carboxylic acids is 1. The van der Waals surface area contributed by atoms with Crippen molar-refractivity contribution in [3.05, 3.63) is 34.9 Å². The summed E-state index contributed by atoms with van der Waals surface area (Å²) in [6, 6.07) is 1.50. The topological polar surface area (TPSA) is 176 Å². The van der Waals surface area contributed by atoms with E-state index in [4.69, 9.17) is 9.84 Å². The molecule has 1 unspecified atom stereocenters. The molecule has 18 heteroatoms. The first-order valence-corrected chi connectivity index (χ1v) is 9.30. The summed E-state index contributed by atoms with van der Waals surface area (Å²) in [4.78, 5) is 29.8. The van der Waals surface area contributed by atoms with Crippen molar-refractivity contribution in [2.45, 2.75) is 32.5 Å². The fraction of sp³-hybridized carbons (Fsp3) is 0.438. The molecule has 0 saturated heterocycles. The van der Waals surface area contributed by atoms with Gasteiger partial charge in [-0.1, -0.05) is 5.10 Å². The molecule has 0 saturated carbocycles. The van der Waals surface area contributed by atoms with Crippen molar-refractivity contribution in [2.24, 2.45) is 14.1 Å². The van der Waals surface area contributed by atoms with E-state index in [0.717, 1.165) is 20.4 Å². The van der Waals surface area contributed by atoms with Crippen LogP contribution in [-0.2, 0) is 43.0 Å². The number of ether oxygens (including phenoxy) is 2. The van der Waals surface area contributed by atoms with Gasteiger partial charge in [-0.3, -0.25) is 4.79 Å². The number of rotatable bonds is 8. The number of aryl methyl sites for hydroxylation is 2. The van der Waals surface area contributed by atoms with E-state index >= 15 is 0 Å². The van der Waals surface area contributed by atoms with Crippen LogP contribution in [0.5, 0.6) is 0 Å². The summed E-state index contributed by atoms with van der Waals surface area (Å²) in [7, 11) is 2.88. The number of carbonyl (C=O) groups is 2. The van der Waals surface area contributed by atoms with E-state index in [-0.39, 0.29) is 29.6 Å². The molecule has 15 nitrogen and oxygen atoms in total. The Labute approximate surface area is 188 Å². The highest BCUT2D eigenvalue weighted by Crippen LogP contribution is 2.29. The van der Waals surface area contributed by atoms with Crippen LogP contribution < -0.4 is 4.90 Å². The summed E-state index contributed by atoms with van der Waals surface area (Å²) in [5.41, 5.74) is -1.97. The number of carboxylic acid groups (broad SMARTS) is 1. The molecule has 0 spiro atoms. The standard InChI is InChI=1S/C16H17F3N10O5/c1-8(34-15(31)32)29(14-22-24-26-27(14)2)13(30)9-4-5-11(16(17,18)19)20-10(9)6-33-7-12-21-25-28(3)23-12/h4-5,8H,6-7H2,1-3H3,(H,31,32). The lowest BCUT2D eigenvalue weighted by Gasteiger charge is -2.26. The lowest BCUT2D eigenvalue weighted by molar-refractivity contribution is -0.141. The third-order valence-electron chi connectivity index (χ3n) is 4.18. The molecule has 1 N–H and O–H groups in total. The van der Waals surface area contributed by atoms with E-state index in [2.05, 4.69) is 40.7 Å². The molecule has 0 aliphatic carbocycles. The van der Waals surface area contributed by atoms with Crippen molar-refractivity contribution in [2.75, 3.05) is 4.90 Å². The third kappa shape index (κ3) is 5.57. The fourth-order valence-electron chi connectivity index (χ4n) is 2.76. The summed E-state index contributed by atoms with van der Waals surface area (Å²) in [6.07, 6.45) is -7.95. The Hall–Kier alpha value is -4.22. The molecule has 0 fully saturated rings. The van der Waals surface area contributed by atoms with Gasteiger partial charge in [-0.25, -0.2) is 19.4 Å². The first-order chi connectivity index (χ1) is 16.0. The van der Waals surface area contributed by atoms with Crippen molar-refractivity contribution < 1.29 is 37.3 Å². The zero-order valence-corrected chi connectivity index (χ0v) is 17.8. The van der Waals surface area contributed by atoms with Crippen LogP contribution in [0.2, 0.25) is 0 Å².